The highest BCUT2D eigenvalue weighted by atomic mass is 35.5. The van der Waals surface area contributed by atoms with Crippen molar-refractivity contribution in [2.45, 2.75) is 20.0 Å². The van der Waals surface area contributed by atoms with Crippen LogP contribution in [0.5, 0.6) is 6.01 Å². The van der Waals surface area contributed by atoms with Gasteiger partial charge in [-0.05, 0) is 37.6 Å². The Balaban J connectivity index is 2.26. The summed E-state index contributed by atoms with van der Waals surface area (Å²) in [5.41, 5.74) is 0.0177. The van der Waals surface area contributed by atoms with Gasteiger partial charge in [0.05, 0.1) is 11.8 Å². The highest BCUT2D eigenvalue weighted by Gasteiger charge is 2.10. The summed E-state index contributed by atoms with van der Waals surface area (Å²) in [6.07, 6.45) is -0.149. The summed E-state index contributed by atoms with van der Waals surface area (Å²) < 4.78 is 31.6. The standard InChI is InChI=1S/C12H11ClF2N4O/c1-6(2)20-12-18-10(13)17-11(19-12)16-9-4-3-7(14)5-8(9)15/h3-6H,1-2H3,(H,16,17,18,19). The number of hydrogen-bond donors (Lipinski definition) is 1. The second-order valence-electron chi connectivity index (χ2n) is 4.13. The zero-order valence-electron chi connectivity index (χ0n) is 10.7. The zero-order valence-corrected chi connectivity index (χ0v) is 11.4. The fourth-order valence-electron chi connectivity index (χ4n) is 1.36. The molecule has 0 amide bonds. The molecule has 20 heavy (non-hydrogen) atoms. The molecule has 1 N–H and O–H groups in total. The molecule has 0 aliphatic heterocycles. The number of ether oxygens (including phenoxy) is 1. The third kappa shape index (κ3) is 3.74. The van der Waals surface area contributed by atoms with Gasteiger partial charge >= 0.3 is 6.01 Å². The van der Waals surface area contributed by atoms with Crippen LogP contribution in [-0.4, -0.2) is 21.1 Å². The predicted molar refractivity (Wildman–Crippen MR) is 70.2 cm³/mol. The number of anilines is 2. The number of hydrogen-bond acceptors (Lipinski definition) is 5. The van der Waals surface area contributed by atoms with Gasteiger partial charge in [0.2, 0.25) is 11.2 Å². The molecule has 0 atom stereocenters. The molecule has 8 heteroatoms. The number of aromatic nitrogens is 3. The molecule has 0 aliphatic rings. The van der Waals surface area contributed by atoms with Crippen molar-refractivity contribution in [3.05, 3.63) is 35.1 Å². The minimum atomic E-state index is -0.770. The SMILES string of the molecule is CC(C)Oc1nc(Cl)nc(Nc2ccc(F)cc2F)n1. The average Bonchev–Trinajstić information content (AvgIpc) is 2.31. The molecule has 5 nitrogen and oxygen atoms in total. The molecule has 0 saturated carbocycles. The van der Waals surface area contributed by atoms with Crippen molar-refractivity contribution in [3.63, 3.8) is 0 Å². The van der Waals surface area contributed by atoms with Crippen LogP contribution in [0.2, 0.25) is 5.28 Å². The minimum absolute atomic E-state index is 0.00570. The van der Waals surface area contributed by atoms with Crippen LogP contribution in [0.1, 0.15) is 13.8 Å². The van der Waals surface area contributed by atoms with E-state index in [0.29, 0.717) is 0 Å². The normalized spacial score (nSPS) is 10.7. The molecule has 2 rings (SSSR count). The molecule has 1 aromatic carbocycles. The Labute approximate surface area is 119 Å². The highest BCUT2D eigenvalue weighted by Crippen LogP contribution is 2.20. The molecule has 0 saturated heterocycles. The van der Waals surface area contributed by atoms with E-state index in [2.05, 4.69) is 20.3 Å². The van der Waals surface area contributed by atoms with E-state index in [-0.39, 0.29) is 29.0 Å². The smallest absolute Gasteiger partial charge is 0.322 e. The van der Waals surface area contributed by atoms with Gasteiger partial charge in [-0.1, -0.05) is 0 Å². The van der Waals surface area contributed by atoms with E-state index in [1.807, 2.05) is 0 Å². The van der Waals surface area contributed by atoms with Gasteiger partial charge < -0.3 is 10.1 Å². The van der Waals surface area contributed by atoms with Gasteiger partial charge in [0.15, 0.2) is 0 Å². The third-order valence-electron chi connectivity index (χ3n) is 2.11. The van der Waals surface area contributed by atoms with Gasteiger partial charge in [0.1, 0.15) is 11.6 Å². The summed E-state index contributed by atoms with van der Waals surface area (Å²) >= 11 is 5.73. The molecular formula is C12H11ClF2N4O. The van der Waals surface area contributed by atoms with E-state index >= 15 is 0 Å². The molecule has 1 aromatic heterocycles. The summed E-state index contributed by atoms with van der Waals surface area (Å²) in [7, 11) is 0. The summed E-state index contributed by atoms with van der Waals surface area (Å²) in [4.78, 5) is 11.5. The lowest BCUT2D eigenvalue weighted by molar-refractivity contribution is 0.222. The minimum Gasteiger partial charge on any atom is -0.461 e. The molecule has 0 spiro atoms. The molecule has 0 bridgehead atoms. The van der Waals surface area contributed by atoms with Crippen LogP contribution in [0.15, 0.2) is 18.2 Å². The van der Waals surface area contributed by atoms with Gasteiger partial charge in [0, 0.05) is 6.07 Å². The number of nitrogens with one attached hydrogen (secondary N) is 1. The first kappa shape index (κ1) is 14.4. The van der Waals surface area contributed by atoms with E-state index in [1.54, 1.807) is 13.8 Å². The summed E-state index contributed by atoms with van der Waals surface area (Å²) in [5, 5.41) is 2.49. The van der Waals surface area contributed by atoms with Crippen LogP contribution in [-0.2, 0) is 0 Å². The molecule has 2 aromatic rings. The Morgan fingerprint density at radius 3 is 2.60 bits per heavy atom. The highest BCUT2D eigenvalue weighted by molar-refractivity contribution is 6.28. The van der Waals surface area contributed by atoms with Crippen molar-refractivity contribution < 1.29 is 13.5 Å². The van der Waals surface area contributed by atoms with E-state index in [4.69, 9.17) is 16.3 Å². The van der Waals surface area contributed by atoms with Crippen LogP contribution < -0.4 is 10.1 Å². The lowest BCUT2D eigenvalue weighted by Gasteiger charge is -2.10. The monoisotopic (exact) mass is 300 g/mol. The van der Waals surface area contributed by atoms with Gasteiger partial charge in [-0.25, -0.2) is 8.78 Å². The number of rotatable bonds is 4. The zero-order chi connectivity index (χ0) is 14.7. The molecule has 0 aliphatic carbocycles. The molecule has 0 unspecified atom stereocenters. The van der Waals surface area contributed by atoms with Crippen LogP contribution in [0.4, 0.5) is 20.4 Å². The van der Waals surface area contributed by atoms with E-state index in [1.165, 1.54) is 6.07 Å². The summed E-state index contributed by atoms with van der Waals surface area (Å²) in [5.74, 6) is -1.44. The fraction of sp³-hybridized carbons (Fsp3) is 0.250. The largest absolute Gasteiger partial charge is 0.461 e. The maximum atomic E-state index is 13.5. The second kappa shape index (κ2) is 5.96. The molecule has 0 radical (unpaired) electrons. The van der Waals surface area contributed by atoms with E-state index in [9.17, 15) is 8.78 Å². The van der Waals surface area contributed by atoms with Gasteiger partial charge in [-0.2, -0.15) is 15.0 Å². The van der Waals surface area contributed by atoms with Crippen LogP contribution in [0.3, 0.4) is 0 Å². The lowest BCUT2D eigenvalue weighted by Crippen LogP contribution is -2.10. The topological polar surface area (TPSA) is 59.9 Å². The maximum absolute atomic E-state index is 13.5. The summed E-state index contributed by atoms with van der Waals surface area (Å²) in [6, 6.07) is 3.10. The molecule has 106 valence electrons. The maximum Gasteiger partial charge on any atom is 0.322 e. The van der Waals surface area contributed by atoms with Crippen molar-refractivity contribution >= 4 is 23.2 Å². The summed E-state index contributed by atoms with van der Waals surface area (Å²) in [6.45, 7) is 3.59. The third-order valence-corrected chi connectivity index (χ3v) is 2.28. The molecule has 1 heterocycles. The molecule has 0 fully saturated rings. The fourth-order valence-corrected chi connectivity index (χ4v) is 1.51. The van der Waals surface area contributed by atoms with Crippen LogP contribution in [0, 0.1) is 11.6 Å². The quantitative estimate of drug-likeness (QED) is 0.938. The number of nitrogens with zero attached hydrogens (tertiary/aromatic N) is 3. The van der Waals surface area contributed by atoms with Gasteiger partial charge in [-0.15, -0.1) is 0 Å². The van der Waals surface area contributed by atoms with Crippen molar-refractivity contribution in [3.8, 4) is 6.01 Å². The average molecular weight is 301 g/mol. The van der Waals surface area contributed by atoms with Gasteiger partial charge in [-0.3, -0.25) is 0 Å². The van der Waals surface area contributed by atoms with Crippen molar-refractivity contribution in [1.82, 2.24) is 15.0 Å². The predicted octanol–water partition coefficient (Wildman–Crippen LogP) is 3.33. The Kier molecular flexibility index (Phi) is 4.29. The Bertz CT molecular complexity index is 624. The first-order chi connectivity index (χ1) is 9.44. The first-order valence-electron chi connectivity index (χ1n) is 5.74. The first-order valence-corrected chi connectivity index (χ1v) is 6.12. The van der Waals surface area contributed by atoms with E-state index in [0.717, 1.165) is 12.1 Å². The Hall–Kier alpha value is -2.02. The van der Waals surface area contributed by atoms with Crippen LogP contribution >= 0.6 is 11.6 Å². The lowest BCUT2D eigenvalue weighted by atomic mass is 10.3. The molecular weight excluding hydrogens is 290 g/mol. The second-order valence-corrected chi connectivity index (χ2v) is 4.46. The van der Waals surface area contributed by atoms with Crippen molar-refractivity contribution in [1.29, 1.82) is 0 Å². The van der Waals surface area contributed by atoms with Crippen LogP contribution in [0.25, 0.3) is 0 Å². The Morgan fingerprint density at radius 2 is 1.95 bits per heavy atom. The number of benzene rings is 1. The number of halogens is 3. The van der Waals surface area contributed by atoms with Gasteiger partial charge in [0.25, 0.3) is 0 Å². The van der Waals surface area contributed by atoms with Crippen molar-refractivity contribution in [2.75, 3.05) is 5.32 Å². The Morgan fingerprint density at radius 1 is 1.20 bits per heavy atom. The van der Waals surface area contributed by atoms with Crippen molar-refractivity contribution in [2.24, 2.45) is 0 Å². The van der Waals surface area contributed by atoms with E-state index < -0.39 is 11.6 Å².